The molecule has 0 unspecified atom stereocenters. The zero-order valence-electron chi connectivity index (χ0n) is 14.9. The molecule has 1 aromatic carbocycles. The molecule has 2 heterocycles. The van der Waals surface area contributed by atoms with Gasteiger partial charge in [0.15, 0.2) is 0 Å². The van der Waals surface area contributed by atoms with Crippen LogP contribution in [0.3, 0.4) is 0 Å². The topological polar surface area (TPSA) is 71.1 Å². The number of amides is 2. The molecular formula is C21H21N3O2S. The molecule has 0 saturated carbocycles. The van der Waals surface area contributed by atoms with Crippen LogP contribution in [0.4, 0.5) is 5.69 Å². The monoisotopic (exact) mass is 379 g/mol. The lowest BCUT2D eigenvalue weighted by Crippen LogP contribution is -2.23. The molecule has 0 bridgehead atoms. The Morgan fingerprint density at radius 2 is 1.89 bits per heavy atom. The van der Waals surface area contributed by atoms with E-state index in [2.05, 4.69) is 21.7 Å². The highest BCUT2D eigenvalue weighted by molar-refractivity contribution is 7.09. The van der Waals surface area contributed by atoms with E-state index in [1.165, 1.54) is 4.88 Å². The molecule has 27 heavy (non-hydrogen) atoms. The average molecular weight is 379 g/mol. The molecule has 0 spiro atoms. The second-order valence-electron chi connectivity index (χ2n) is 6.10. The van der Waals surface area contributed by atoms with Crippen molar-refractivity contribution in [1.29, 1.82) is 0 Å². The molecule has 0 aliphatic carbocycles. The highest BCUT2D eigenvalue weighted by atomic mass is 32.1. The van der Waals surface area contributed by atoms with Gasteiger partial charge in [-0.15, -0.1) is 11.3 Å². The van der Waals surface area contributed by atoms with Crippen molar-refractivity contribution >= 4 is 28.8 Å². The van der Waals surface area contributed by atoms with Crippen molar-refractivity contribution in [3.63, 3.8) is 0 Å². The van der Waals surface area contributed by atoms with E-state index >= 15 is 0 Å². The predicted molar refractivity (Wildman–Crippen MR) is 108 cm³/mol. The van der Waals surface area contributed by atoms with Crippen LogP contribution < -0.4 is 10.6 Å². The molecule has 138 valence electrons. The second-order valence-corrected chi connectivity index (χ2v) is 7.13. The van der Waals surface area contributed by atoms with E-state index in [-0.39, 0.29) is 11.8 Å². The van der Waals surface area contributed by atoms with E-state index in [0.717, 1.165) is 18.4 Å². The Morgan fingerprint density at radius 1 is 1.04 bits per heavy atom. The number of thiophene rings is 1. The zero-order valence-corrected chi connectivity index (χ0v) is 15.7. The molecule has 0 aliphatic rings. The van der Waals surface area contributed by atoms with E-state index in [0.29, 0.717) is 24.2 Å². The quantitative estimate of drug-likeness (QED) is 0.621. The smallest absolute Gasteiger partial charge is 0.251 e. The minimum atomic E-state index is -0.180. The standard InChI is InChI=1S/C21H21N3O2S/c25-20(8-2-6-19-7-3-13-27-19)24-18-5-1-4-17(14-18)21(26)23-15-16-9-11-22-12-10-16/h1,3-5,7,9-14H,2,6,8,15H2,(H,23,26)(H,24,25). The van der Waals surface area contributed by atoms with Crippen LogP contribution in [0.2, 0.25) is 0 Å². The Labute approximate surface area is 162 Å². The molecule has 0 atom stereocenters. The summed E-state index contributed by atoms with van der Waals surface area (Å²) >= 11 is 1.71. The van der Waals surface area contributed by atoms with Gasteiger partial charge in [0, 0.05) is 41.5 Å². The lowest BCUT2D eigenvalue weighted by atomic mass is 10.1. The van der Waals surface area contributed by atoms with Gasteiger partial charge in [0.2, 0.25) is 5.91 Å². The molecular weight excluding hydrogens is 358 g/mol. The fraction of sp³-hybridized carbons (Fsp3) is 0.190. The molecule has 3 rings (SSSR count). The third-order valence-electron chi connectivity index (χ3n) is 4.02. The van der Waals surface area contributed by atoms with E-state index < -0.39 is 0 Å². The highest BCUT2D eigenvalue weighted by Crippen LogP contribution is 2.14. The first-order chi connectivity index (χ1) is 13.2. The summed E-state index contributed by atoms with van der Waals surface area (Å²) in [5.74, 6) is -0.221. The van der Waals surface area contributed by atoms with Gasteiger partial charge in [0.25, 0.3) is 5.91 Å². The molecule has 5 nitrogen and oxygen atoms in total. The third-order valence-corrected chi connectivity index (χ3v) is 4.95. The first-order valence-electron chi connectivity index (χ1n) is 8.80. The van der Waals surface area contributed by atoms with E-state index in [4.69, 9.17) is 0 Å². The summed E-state index contributed by atoms with van der Waals surface area (Å²) in [5.41, 5.74) is 2.13. The number of aromatic nitrogens is 1. The van der Waals surface area contributed by atoms with Gasteiger partial charge >= 0.3 is 0 Å². The Balaban J connectivity index is 1.48. The van der Waals surface area contributed by atoms with Crippen molar-refractivity contribution in [2.24, 2.45) is 0 Å². The predicted octanol–water partition coefficient (Wildman–Crippen LogP) is 4.03. The number of carbonyl (C=O) groups excluding carboxylic acids is 2. The van der Waals surface area contributed by atoms with Crippen LogP contribution >= 0.6 is 11.3 Å². The van der Waals surface area contributed by atoms with Crippen molar-refractivity contribution in [3.05, 3.63) is 82.3 Å². The van der Waals surface area contributed by atoms with Crippen molar-refractivity contribution < 1.29 is 9.59 Å². The Morgan fingerprint density at radius 3 is 2.67 bits per heavy atom. The second kappa shape index (κ2) is 9.64. The third kappa shape index (κ3) is 6.04. The molecule has 0 fully saturated rings. The van der Waals surface area contributed by atoms with Gasteiger partial charge in [-0.1, -0.05) is 12.1 Å². The van der Waals surface area contributed by atoms with Crippen molar-refractivity contribution in [1.82, 2.24) is 10.3 Å². The number of anilines is 1. The summed E-state index contributed by atoms with van der Waals surface area (Å²) in [5, 5.41) is 7.78. The molecule has 2 aromatic heterocycles. The van der Waals surface area contributed by atoms with Crippen LogP contribution in [-0.4, -0.2) is 16.8 Å². The van der Waals surface area contributed by atoms with E-state index in [1.807, 2.05) is 23.6 Å². The molecule has 0 saturated heterocycles. The fourth-order valence-electron chi connectivity index (χ4n) is 2.62. The number of carbonyl (C=O) groups is 2. The molecule has 3 aromatic rings. The van der Waals surface area contributed by atoms with Gasteiger partial charge in [-0.2, -0.15) is 0 Å². The molecule has 2 amide bonds. The lowest BCUT2D eigenvalue weighted by molar-refractivity contribution is -0.116. The fourth-order valence-corrected chi connectivity index (χ4v) is 3.38. The minimum absolute atomic E-state index is 0.0408. The van der Waals surface area contributed by atoms with Gasteiger partial charge in [-0.3, -0.25) is 14.6 Å². The van der Waals surface area contributed by atoms with Crippen molar-refractivity contribution in [2.75, 3.05) is 5.32 Å². The maximum atomic E-state index is 12.3. The average Bonchev–Trinajstić information content (AvgIpc) is 3.20. The van der Waals surface area contributed by atoms with Crippen molar-refractivity contribution in [2.45, 2.75) is 25.8 Å². The molecule has 2 N–H and O–H groups in total. The van der Waals surface area contributed by atoms with Gasteiger partial charge in [0.1, 0.15) is 0 Å². The van der Waals surface area contributed by atoms with Crippen molar-refractivity contribution in [3.8, 4) is 0 Å². The maximum Gasteiger partial charge on any atom is 0.251 e. The minimum Gasteiger partial charge on any atom is -0.348 e. The Kier molecular flexibility index (Phi) is 6.71. The number of nitrogens with one attached hydrogen (secondary N) is 2. The summed E-state index contributed by atoms with van der Waals surface area (Å²) in [6.07, 6.45) is 5.55. The first kappa shape index (κ1) is 18.8. The largest absolute Gasteiger partial charge is 0.348 e. The van der Waals surface area contributed by atoms with Gasteiger partial charge in [-0.05, 0) is 60.2 Å². The Bertz CT molecular complexity index is 879. The van der Waals surface area contributed by atoms with E-state index in [1.54, 1.807) is 48.0 Å². The van der Waals surface area contributed by atoms with Crippen LogP contribution in [-0.2, 0) is 17.8 Å². The number of benzene rings is 1. The summed E-state index contributed by atoms with van der Waals surface area (Å²) in [6, 6.07) is 14.8. The van der Waals surface area contributed by atoms with Gasteiger partial charge in [-0.25, -0.2) is 0 Å². The number of hydrogen-bond donors (Lipinski definition) is 2. The van der Waals surface area contributed by atoms with Crippen LogP contribution in [0, 0.1) is 0 Å². The number of aryl methyl sites for hydroxylation is 1. The normalized spacial score (nSPS) is 10.4. The van der Waals surface area contributed by atoms with Crippen LogP contribution in [0.15, 0.2) is 66.3 Å². The first-order valence-corrected chi connectivity index (χ1v) is 9.68. The van der Waals surface area contributed by atoms with Crippen LogP contribution in [0.1, 0.15) is 33.6 Å². The van der Waals surface area contributed by atoms with Gasteiger partial charge < -0.3 is 10.6 Å². The summed E-state index contributed by atoms with van der Waals surface area (Å²) in [7, 11) is 0. The SMILES string of the molecule is O=C(CCCc1cccs1)Nc1cccc(C(=O)NCc2ccncc2)c1. The Hall–Kier alpha value is -2.99. The van der Waals surface area contributed by atoms with Crippen LogP contribution in [0.5, 0.6) is 0 Å². The number of rotatable bonds is 8. The van der Waals surface area contributed by atoms with E-state index in [9.17, 15) is 9.59 Å². The summed E-state index contributed by atoms with van der Waals surface area (Å²) < 4.78 is 0. The molecule has 0 aliphatic heterocycles. The highest BCUT2D eigenvalue weighted by Gasteiger charge is 2.08. The lowest BCUT2D eigenvalue weighted by Gasteiger charge is -2.08. The number of pyridine rings is 1. The number of hydrogen-bond acceptors (Lipinski definition) is 4. The summed E-state index contributed by atoms with van der Waals surface area (Å²) in [6.45, 7) is 0.431. The molecule has 6 heteroatoms. The number of nitrogens with zero attached hydrogens (tertiary/aromatic N) is 1. The molecule has 0 radical (unpaired) electrons. The zero-order chi connectivity index (χ0) is 18.9. The van der Waals surface area contributed by atoms with Crippen LogP contribution in [0.25, 0.3) is 0 Å². The van der Waals surface area contributed by atoms with Gasteiger partial charge in [0.05, 0.1) is 0 Å². The maximum absolute atomic E-state index is 12.3. The summed E-state index contributed by atoms with van der Waals surface area (Å²) in [4.78, 5) is 29.7.